The van der Waals surface area contributed by atoms with Crippen LogP contribution in [0.5, 0.6) is 0 Å². The lowest BCUT2D eigenvalue weighted by atomic mass is 10.2. The zero-order chi connectivity index (χ0) is 12.8. The molecular weight excluding hydrogens is 210 g/mol. The molecule has 0 atom stereocenters. The first-order valence-corrected chi connectivity index (χ1v) is 6.09. The third-order valence-electron chi connectivity index (χ3n) is 2.78. The molecule has 0 fully saturated rings. The van der Waals surface area contributed by atoms with Crippen LogP contribution in [0.4, 0.5) is 0 Å². The van der Waals surface area contributed by atoms with Crippen molar-refractivity contribution in [2.75, 3.05) is 0 Å². The van der Waals surface area contributed by atoms with E-state index >= 15 is 0 Å². The van der Waals surface area contributed by atoms with Crippen LogP contribution in [0.15, 0.2) is 24.4 Å². The van der Waals surface area contributed by atoms with Crippen LogP contribution >= 0.6 is 0 Å². The van der Waals surface area contributed by atoms with Crippen LogP contribution < -0.4 is 0 Å². The highest BCUT2D eigenvalue weighted by Crippen LogP contribution is 2.11. The zero-order valence-electron chi connectivity index (χ0n) is 11.4. The van der Waals surface area contributed by atoms with Crippen LogP contribution in [0.3, 0.4) is 0 Å². The lowest BCUT2D eigenvalue weighted by Gasteiger charge is -2.03. The molecule has 3 heteroatoms. The molecule has 0 amide bonds. The third kappa shape index (κ3) is 3.16. The lowest BCUT2D eigenvalue weighted by Crippen LogP contribution is -2.05. The fourth-order valence-electron chi connectivity index (χ4n) is 1.59. The Bertz CT molecular complexity index is 458. The van der Waals surface area contributed by atoms with Crippen molar-refractivity contribution in [1.82, 2.24) is 14.8 Å². The molecule has 0 aliphatic heterocycles. The Morgan fingerprint density at radius 3 is 2.29 bits per heavy atom. The highest BCUT2D eigenvalue weighted by Gasteiger charge is 2.07. The van der Waals surface area contributed by atoms with Gasteiger partial charge < -0.3 is 0 Å². The predicted molar refractivity (Wildman–Crippen MR) is 71.1 cm³/mol. The van der Waals surface area contributed by atoms with Crippen molar-refractivity contribution in [3.8, 4) is 0 Å². The molecule has 3 nitrogen and oxygen atoms in total. The van der Waals surface area contributed by atoms with E-state index in [9.17, 15) is 0 Å². The van der Waals surface area contributed by atoms with Gasteiger partial charge in [-0.25, -0.2) is 0 Å². The Kier molecular flexibility index (Phi) is 4.88. The summed E-state index contributed by atoms with van der Waals surface area (Å²) in [5.41, 5.74) is 4.63. The molecule has 92 valence electrons. The Balaban J connectivity index is 0.000000686. The van der Waals surface area contributed by atoms with E-state index in [-0.39, 0.29) is 0 Å². The first-order chi connectivity index (χ1) is 8.18. The number of pyridine rings is 1. The molecule has 0 N–H and O–H groups in total. The van der Waals surface area contributed by atoms with E-state index < -0.39 is 0 Å². The summed E-state index contributed by atoms with van der Waals surface area (Å²) in [5.74, 6) is 0. The minimum Gasteiger partial charge on any atom is -0.263 e. The van der Waals surface area contributed by atoms with Gasteiger partial charge in [0, 0.05) is 11.9 Å². The Morgan fingerprint density at radius 1 is 1.12 bits per heavy atom. The lowest BCUT2D eigenvalue weighted by molar-refractivity contribution is 0.646. The van der Waals surface area contributed by atoms with Crippen molar-refractivity contribution in [3.63, 3.8) is 0 Å². The van der Waals surface area contributed by atoms with Crippen molar-refractivity contribution in [2.45, 2.75) is 41.2 Å². The molecule has 2 aromatic heterocycles. The highest BCUT2D eigenvalue weighted by molar-refractivity contribution is 5.22. The molecule has 0 unspecified atom stereocenters. The van der Waals surface area contributed by atoms with Gasteiger partial charge in [0.15, 0.2) is 0 Å². The summed E-state index contributed by atoms with van der Waals surface area (Å²) >= 11 is 0. The number of aryl methyl sites for hydroxylation is 1. The van der Waals surface area contributed by atoms with Crippen LogP contribution in [0, 0.1) is 20.8 Å². The summed E-state index contributed by atoms with van der Waals surface area (Å²) in [6, 6.07) is 5.95. The summed E-state index contributed by atoms with van der Waals surface area (Å²) in [6.45, 7) is 11.0. The van der Waals surface area contributed by atoms with E-state index in [4.69, 9.17) is 0 Å². The first-order valence-electron chi connectivity index (χ1n) is 6.09. The maximum atomic E-state index is 4.48. The van der Waals surface area contributed by atoms with Gasteiger partial charge in [0.05, 0.1) is 17.9 Å². The molecule has 0 radical (unpaired) electrons. The van der Waals surface area contributed by atoms with Gasteiger partial charge in [0.25, 0.3) is 0 Å². The van der Waals surface area contributed by atoms with Gasteiger partial charge in [-0.15, -0.1) is 0 Å². The van der Waals surface area contributed by atoms with Gasteiger partial charge in [0.2, 0.25) is 0 Å². The molecule has 0 aliphatic rings. The summed E-state index contributed by atoms with van der Waals surface area (Å²) < 4.78 is 2.01. The summed E-state index contributed by atoms with van der Waals surface area (Å²) in [6.07, 6.45) is 1.81. The quantitative estimate of drug-likeness (QED) is 0.794. The van der Waals surface area contributed by atoms with Crippen molar-refractivity contribution in [3.05, 3.63) is 47.0 Å². The molecule has 0 aromatic carbocycles. The van der Waals surface area contributed by atoms with Crippen molar-refractivity contribution >= 4 is 0 Å². The molecule has 0 saturated heterocycles. The van der Waals surface area contributed by atoms with Gasteiger partial charge in [-0.05, 0) is 38.5 Å². The average Bonchev–Trinajstić information content (AvgIpc) is 2.61. The predicted octanol–water partition coefficient (Wildman–Crippen LogP) is 3.28. The van der Waals surface area contributed by atoms with E-state index in [1.807, 2.05) is 49.8 Å². The number of hydrogen-bond donors (Lipinski definition) is 0. The Morgan fingerprint density at radius 2 is 1.82 bits per heavy atom. The second-order valence-electron chi connectivity index (χ2n) is 3.77. The van der Waals surface area contributed by atoms with Crippen LogP contribution in [-0.2, 0) is 6.54 Å². The number of nitrogens with zero attached hydrogens (tertiary/aromatic N) is 3. The van der Waals surface area contributed by atoms with Gasteiger partial charge in [-0.2, -0.15) is 5.10 Å². The second kappa shape index (κ2) is 6.18. The minimum atomic E-state index is 0.751. The number of hydrogen-bond acceptors (Lipinski definition) is 2. The SMILES string of the molecule is CC.Cc1nn(Cc2ccccn2)c(C)c1C. The summed E-state index contributed by atoms with van der Waals surface area (Å²) in [5, 5.41) is 4.48. The van der Waals surface area contributed by atoms with E-state index in [0.29, 0.717) is 0 Å². The Hall–Kier alpha value is -1.64. The highest BCUT2D eigenvalue weighted by atomic mass is 15.3. The van der Waals surface area contributed by atoms with Gasteiger partial charge in [0.1, 0.15) is 0 Å². The molecule has 17 heavy (non-hydrogen) atoms. The summed E-state index contributed by atoms with van der Waals surface area (Å²) in [4.78, 5) is 4.29. The average molecular weight is 231 g/mol. The maximum absolute atomic E-state index is 4.48. The fraction of sp³-hybridized carbons (Fsp3) is 0.429. The van der Waals surface area contributed by atoms with Crippen molar-refractivity contribution < 1.29 is 0 Å². The number of rotatable bonds is 2. The van der Waals surface area contributed by atoms with Gasteiger partial charge >= 0.3 is 0 Å². The van der Waals surface area contributed by atoms with E-state index in [1.54, 1.807) is 0 Å². The van der Waals surface area contributed by atoms with Gasteiger partial charge in [-0.1, -0.05) is 19.9 Å². The van der Waals surface area contributed by atoms with Gasteiger partial charge in [-0.3, -0.25) is 9.67 Å². The van der Waals surface area contributed by atoms with Crippen LogP contribution in [-0.4, -0.2) is 14.8 Å². The molecule has 0 bridgehead atoms. The van der Waals surface area contributed by atoms with Crippen molar-refractivity contribution in [2.24, 2.45) is 0 Å². The molecular formula is C14H21N3. The van der Waals surface area contributed by atoms with E-state index in [1.165, 1.54) is 11.3 Å². The van der Waals surface area contributed by atoms with Crippen LogP contribution in [0.1, 0.15) is 36.5 Å². The third-order valence-corrected chi connectivity index (χ3v) is 2.78. The van der Waals surface area contributed by atoms with Crippen LogP contribution in [0.25, 0.3) is 0 Å². The number of aromatic nitrogens is 3. The normalized spacial score (nSPS) is 9.71. The molecule has 0 saturated carbocycles. The minimum absolute atomic E-state index is 0.751. The van der Waals surface area contributed by atoms with E-state index in [0.717, 1.165) is 17.9 Å². The molecule has 2 rings (SSSR count). The molecule has 2 aromatic rings. The monoisotopic (exact) mass is 231 g/mol. The smallest absolute Gasteiger partial charge is 0.0834 e. The maximum Gasteiger partial charge on any atom is 0.0834 e. The van der Waals surface area contributed by atoms with Crippen LogP contribution in [0.2, 0.25) is 0 Å². The standard InChI is InChI=1S/C12H15N3.C2H6/c1-9-10(2)14-15(11(9)3)8-12-6-4-5-7-13-12;1-2/h4-7H,8H2,1-3H3;1-2H3. The first kappa shape index (κ1) is 13.4. The largest absolute Gasteiger partial charge is 0.263 e. The molecule has 2 heterocycles. The zero-order valence-corrected chi connectivity index (χ0v) is 11.4. The summed E-state index contributed by atoms with van der Waals surface area (Å²) in [7, 11) is 0. The Labute approximate surface area is 104 Å². The van der Waals surface area contributed by atoms with E-state index in [2.05, 4.69) is 23.9 Å². The second-order valence-corrected chi connectivity index (χ2v) is 3.77. The van der Waals surface area contributed by atoms with Crippen molar-refractivity contribution in [1.29, 1.82) is 0 Å². The fourth-order valence-corrected chi connectivity index (χ4v) is 1.59. The molecule has 0 aliphatic carbocycles. The topological polar surface area (TPSA) is 30.7 Å². The molecule has 0 spiro atoms.